The van der Waals surface area contributed by atoms with Crippen LogP contribution in [0.1, 0.15) is 12.8 Å². The molecule has 0 saturated carbocycles. The largest absolute Gasteiger partial charge is 0.485 e. The SMILES string of the molecule is CNCC1CCCN1C(=O)C1COc2ccccc2O1.Cl. The Labute approximate surface area is 131 Å². The lowest BCUT2D eigenvalue weighted by atomic mass is 10.2. The van der Waals surface area contributed by atoms with Crippen molar-refractivity contribution in [2.75, 3.05) is 26.7 Å². The molecule has 21 heavy (non-hydrogen) atoms. The molecule has 116 valence electrons. The number of amides is 1. The minimum atomic E-state index is -0.526. The number of para-hydroxylation sites is 2. The Kier molecular flexibility index (Phi) is 5.31. The second-order valence-electron chi connectivity index (χ2n) is 5.25. The number of carbonyl (C=O) groups excluding carboxylic acids is 1. The van der Waals surface area contributed by atoms with Gasteiger partial charge in [0.25, 0.3) is 5.91 Å². The maximum absolute atomic E-state index is 12.6. The van der Waals surface area contributed by atoms with Gasteiger partial charge in [0, 0.05) is 19.1 Å². The zero-order valence-electron chi connectivity index (χ0n) is 12.1. The molecule has 2 heterocycles. The van der Waals surface area contributed by atoms with E-state index in [1.54, 1.807) is 0 Å². The Bertz CT molecular complexity index is 498. The van der Waals surface area contributed by atoms with E-state index in [0.717, 1.165) is 25.9 Å². The highest BCUT2D eigenvalue weighted by atomic mass is 35.5. The number of hydrogen-bond donors (Lipinski definition) is 1. The van der Waals surface area contributed by atoms with E-state index in [-0.39, 0.29) is 24.4 Å². The van der Waals surface area contributed by atoms with E-state index in [4.69, 9.17) is 9.47 Å². The fourth-order valence-corrected chi connectivity index (χ4v) is 2.90. The van der Waals surface area contributed by atoms with Crippen molar-refractivity contribution in [1.82, 2.24) is 10.2 Å². The van der Waals surface area contributed by atoms with Crippen molar-refractivity contribution in [3.63, 3.8) is 0 Å². The van der Waals surface area contributed by atoms with Crippen molar-refractivity contribution in [2.45, 2.75) is 25.0 Å². The van der Waals surface area contributed by atoms with Gasteiger partial charge in [0.05, 0.1) is 0 Å². The van der Waals surface area contributed by atoms with Gasteiger partial charge in [-0.25, -0.2) is 0 Å². The number of likely N-dealkylation sites (tertiary alicyclic amines) is 1. The molecule has 5 nitrogen and oxygen atoms in total. The van der Waals surface area contributed by atoms with Gasteiger partial charge in [-0.2, -0.15) is 0 Å². The molecule has 0 spiro atoms. The van der Waals surface area contributed by atoms with Crippen LogP contribution in [-0.4, -0.2) is 49.7 Å². The lowest BCUT2D eigenvalue weighted by Gasteiger charge is -2.31. The van der Waals surface area contributed by atoms with Crippen molar-refractivity contribution in [3.8, 4) is 11.5 Å². The van der Waals surface area contributed by atoms with E-state index in [2.05, 4.69) is 5.32 Å². The number of rotatable bonds is 3. The maximum atomic E-state index is 12.6. The highest BCUT2D eigenvalue weighted by Gasteiger charge is 2.36. The Morgan fingerprint density at radius 3 is 2.90 bits per heavy atom. The van der Waals surface area contributed by atoms with Crippen LogP contribution >= 0.6 is 12.4 Å². The monoisotopic (exact) mass is 312 g/mol. The molecule has 1 fully saturated rings. The summed E-state index contributed by atoms with van der Waals surface area (Å²) in [7, 11) is 1.91. The van der Waals surface area contributed by atoms with Crippen molar-refractivity contribution < 1.29 is 14.3 Å². The molecule has 1 amide bonds. The molecule has 2 aliphatic rings. The highest BCUT2D eigenvalue weighted by molar-refractivity contribution is 5.85. The zero-order valence-corrected chi connectivity index (χ0v) is 12.9. The average molecular weight is 313 g/mol. The van der Waals surface area contributed by atoms with E-state index in [1.165, 1.54) is 0 Å². The number of hydrogen-bond acceptors (Lipinski definition) is 4. The number of benzene rings is 1. The number of likely N-dealkylation sites (N-methyl/N-ethyl adjacent to an activating group) is 1. The minimum absolute atomic E-state index is 0. The Morgan fingerprint density at radius 1 is 1.38 bits per heavy atom. The molecular weight excluding hydrogens is 292 g/mol. The first-order valence-corrected chi connectivity index (χ1v) is 7.13. The first-order valence-electron chi connectivity index (χ1n) is 7.13. The first kappa shape index (κ1) is 15.9. The van der Waals surface area contributed by atoms with Gasteiger partial charge < -0.3 is 19.7 Å². The fraction of sp³-hybridized carbons (Fsp3) is 0.533. The van der Waals surface area contributed by atoms with E-state index in [1.807, 2.05) is 36.2 Å². The second-order valence-corrected chi connectivity index (χ2v) is 5.25. The van der Waals surface area contributed by atoms with Crippen LogP contribution in [0.5, 0.6) is 11.5 Å². The smallest absolute Gasteiger partial charge is 0.267 e. The number of nitrogens with one attached hydrogen (secondary N) is 1. The van der Waals surface area contributed by atoms with Gasteiger partial charge in [-0.05, 0) is 32.0 Å². The van der Waals surface area contributed by atoms with Crippen LogP contribution in [0.3, 0.4) is 0 Å². The lowest BCUT2D eigenvalue weighted by Crippen LogP contribution is -2.50. The fourth-order valence-electron chi connectivity index (χ4n) is 2.90. The summed E-state index contributed by atoms with van der Waals surface area (Å²) in [5.41, 5.74) is 0. The quantitative estimate of drug-likeness (QED) is 0.918. The van der Waals surface area contributed by atoms with Gasteiger partial charge in [0.2, 0.25) is 6.10 Å². The molecule has 1 aromatic rings. The molecule has 1 aromatic carbocycles. The predicted molar refractivity (Wildman–Crippen MR) is 82.3 cm³/mol. The Balaban J connectivity index is 0.00000161. The zero-order chi connectivity index (χ0) is 13.9. The summed E-state index contributed by atoms with van der Waals surface area (Å²) in [6, 6.07) is 7.75. The average Bonchev–Trinajstić information content (AvgIpc) is 2.94. The third-order valence-corrected chi connectivity index (χ3v) is 3.88. The second kappa shape index (κ2) is 7.00. The predicted octanol–water partition coefficient (Wildman–Crippen LogP) is 1.46. The topological polar surface area (TPSA) is 50.8 Å². The maximum Gasteiger partial charge on any atom is 0.267 e. The lowest BCUT2D eigenvalue weighted by molar-refractivity contribution is -0.142. The molecule has 0 bridgehead atoms. The summed E-state index contributed by atoms with van der Waals surface area (Å²) in [4.78, 5) is 14.5. The summed E-state index contributed by atoms with van der Waals surface area (Å²) < 4.78 is 11.4. The van der Waals surface area contributed by atoms with Crippen LogP contribution in [0, 0.1) is 0 Å². The summed E-state index contributed by atoms with van der Waals surface area (Å²) >= 11 is 0. The molecule has 6 heteroatoms. The van der Waals surface area contributed by atoms with Gasteiger partial charge >= 0.3 is 0 Å². The molecule has 0 radical (unpaired) electrons. The summed E-state index contributed by atoms with van der Waals surface area (Å²) in [5, 5.41) is 3.15. The van der Waals surface area contributed by atoms with E-state index in [9.17, 15) is 4.79 Å². The first-order chi connectivity index (χ1) is 9.79. The molecule has 3 rings (SSSR count). The van der Waals surface area contributed by atoms with Crippen LogP contribution < -0.4 is 14.8 Å². The van der Waals surface area contributed by atoms with Gasteiger partial charge in [0.1, 0.15) is 6.61 Å². The molecule has 2 unspecified atom stereocenters. The molecule has 0 aliphatic carbocycles. The van der Waals surface area contributed by atoms with Crippen molar-refractivity contribution >= 4 is 18.3 Å². The van der Waals surface area contributed by atoms with Crippen molar-refractivity contribution in [3.05, 3.63) is 24.3 Å². The number of ether oxygens (including phenoxy) is 2. The third kappa shape index (κ3) is 3.24. The van der Waals surface area contributed by atoms with Crippen LogP contribution in [-0.2, 0) is 4.79 Å². The molecule has 0 aromatic heterocycles. The van der Waals surface area contributed by atoms with E-state index >= 15 is 0 Å². The van der Waals surface area contributed by atoms with Crippen LogP contribution in [0.15, 0.2) is 24.3 Å². The van der Waals surface area contributed by atoms with Gasteiger partial charge in [-0.15, -0.1) is 12.4 Å². The highest BCUT2D eigenvalue weighted by Crippen LogP contribution is 2.32. The summed E-state index contributed by atoms with van der Waals surface area (Å²) in [6.45, 7) is 1.93. The standard InChI is InChI=1S/C15H20N2O3.ClH/c1-16-9-11-5-4-8-17(11)15(18)14-10-19-12-6-2-3-7-13(12)20-14;/h2-3,6-7,11,14,16H,4-5,8-10H2,1H3;1H. The van der Waals surface area contributed by atoms with Crippen molar-refractivity contribution in [1.29, 1.82) is 0 Å². The van der Waals surface area contributed by atoms with Crippen LogP contribution in [0.2, 0.25) is 0 Å². The Hall–Kier alpha value is -1.46. The van der Waals surface area contributed by atoms with Gasteiger partial charge in [-0.3, -0.25) is 4.79 Å². The number of carbonyl (C=O) groups is 1. The molecular formula is C15H21ClN2O3. The van der Waals surface area contributed by atoms with Crippen LogP contribution in [0.25, 0.3) is 0 Å². The molecule has 1 saturated heterocycles. The number of fused-ring (bicyclic) bond motifs is 1. The minimum Gasteiger partial charge on any atom is -0.485 e. The Morgan fingerprint density at radius 2 is 2.14 bits per heavy atom. The number of nitrogens with zero attached hydrogens (tertiary/aromatic N) is 1. The van der Waals surface area contributed by atoms with E-state index < -0.39 is 6.10 Å². The van der Waals surface area contributed by atoms with Gasteiger partial charge in [0.15, 0.2) is 11.5 Å². The normalized spacial score (nSPS) is 23.6. The molecule has 2 aliphatic heterocycles. The van der Waals surface area contributed by atoms with E-state index in [0.29, 0.717) is 18.1 Å². The van der Waals surface area contributed by atoms with Crippen molar-refractivity contribution in [2.24, 2.45) is 0 Å². The molecule has 1 N–H and O–H groups in total. The van der Waals surface area contributed by atoms with Crippen LogP contribution in [0.4, 0.5) is 0 Å². The van der Waals surface area contributed by atoms with Gasteiger partial charge in [-0.1, -0.05) is 12.1 Å². The third-order valence-electron chi connectivity index (χ3n) is 3.88. The number of halogens is 1. The summed E-state index contributed by atoms with van der Waals surface area (Å²) in [5.74, 6) is 1.41. The summed E-state index contributed by atoms with van der Waals surface area (Å²) in [6.07, 6.45) is 1.58. The molecule has 2 atom stereocenters.